The highest BCUT2D eigenvalue weighted by atomic mass is 32.2. The van der Waals surface area contributed by atoms with Crippen molar-refractivity contribution >= 4 is 27.9 Å². The maximum Gasteiger partial charge on any atom is 0.207 e. The molecule has 0 aromatic heterocycles. The van der Waals surface area contributed by atoms with E-state index in [1.54, 1.807) is 0 Å². The average Bonchev–Trinajstić information content (AvgIpc) is 2.51. The largest absolute Gasteiger partial charge is 0.456 e. The minimum absolute atomic E-state index is 0.693. The second kappa shape index (κ2) is 7.77. The third-order valence-electron chi connectivity index (χ3n) is 2.68. The molecule has 0 amide bonds. The molecule has 0 aliphatic heterocycles. The molecule has 3 nitrogen and oxygen atoms in total. The Hall–Kier alpha value is -1.90. The number of thioether (sulfide) groups is 2. The molecule has 2 rings (SSSR count). The predicted octanol–water partition coefficient (Wildman–Crippen LogP) is 5.08. The van der Waals surface area contributed by atoms with E-state index in [0.29, 0.717) is 4.38 Å². The second-order valence-corrected chi connectivity index (χ2v) is 6.18. The van der Waals surface area contributed by atoms with Gasteiger partial charge in [0.15, 0.2) is 0 Å². The normalized spacial score (nSPS) is 11.0. The molecule has 0 saturated heterocycles. The number of ether oxygens (including phenoxy) is 1. The maximum absolute atomic E-state index is 8.69. The average molecular weight is 314 g/mol. The van der Waals surface area contributed by atoms with Crippen LogP contribution in [-0.2, 0) is 0 Å². The minimum Gasteiger partial charge on any atom is -0.456 e. The fourth-order valence-electron chi connectivity index (χ4n) is 1.65. The van der Waals surface area contributed by atoms with Crippen molar-refractivity contribution in [3.05, 3.63) is 54.1 Å². The van der Waals surface area contributed by atoms with Crippen LogP contribution in [0, 0.1) is 18.4 Å². The highest BCUT2D eigenvalue weighted by molar-refractivity contribution is 8.38. The van der Waals surface area contributed by atoms with Crippen molar-refractivity contribution in [1.82, 2.24) is 0 Å². The number of aryl methyl sites for hydroxylation is 1. The molecule has 21 heavy (non-hydrogen) atoms. The molecule has 5 heteroatoms. The van der Waals surface area contributed by atoms with Crippen molar-refractivity contribution in [2.75, 3.05) is 6.26 Å². The molecule has 106 valence electrons. The van der Waals surface area contributed by atoms with E-state index in [-0.39, 0.29) is 0 Å². The molecule has 0 atom stereocenters. The second-order valence-electron chi connectivity index (χ2n) is 4.10. The zero-order valence-electron chi connectivity index (χ0n) is 11.7. The molecule has 0 spiro atoms. The first-order valence-corrected chi connectivity index (χ1v) is 8.30. The Morgan fingerprint density at radius 2 is 1.76 bits per heavy atom. The molecule has 0 unspecified atom stereocenters. The Morgan fingerprint density at radius 1 is 1.10 bits per heavy atom. The molecule has 0 aliphatic carbocycles. The topological polar surface area (TPSA) is 45.4 Å². The van der Waals surface area contributed by atoms with Gasteiger partial charge in [0.1, 0.15) is 15.9 Å². The number of hydrogen-bond acceptors (Lipinski definition) is 5. The lowest BCUT2D eigenvalue weighted by Crippen LogP contribution is -1.91. The third kappa shape index (κ3) is 4.28. The van der Waals surface area contributed by atoms with Crippen molar-refractivity contribution in [2.45, 2.75) is 11.8 Å². The first-order chi connectivity index (χ1) is 10.2. The van der Waals surface area contributed by atoms with Crippen molar-refractivity contribution < 1.29 is 4.74 Å². The molecule has 2 aromatic rings. The lowest BCUT2D eigenvalue weighted by molar-refractivity contribution is 0.467. The van der Waals surface area contributed by atoms with Crippen LogP contribution in [0.1, 0.15) is 5.56 Å². The fourth-order valence-corrected chi connectivity index (χ4v) is 3.02. The Balaban J connectivity index is 2.28. The van der Waals surface area contributed by atoms with Gasteiger partial charge in [0.05, 0.1) is 4.90 Å². The summed E-state index contributed by atoms with van der Waals surface area (Å²) in [5.74, 6) is 1.59. The van der Waals surface area contributed by atoms with E-state index in [0.717, 1.165) is 22.0 Å². The molecule has 0 radical (unpaired) electrons. The zero-order valence-corrected chi connectivity index (χ0v) is 13.4. The van der Waals surface area contributed by atoms with Crippen molar-refractivity contribution in [3.8, 4) is 17.7 Å². The summed E-state index contributed by atoms with van der Waals surface area (Å²) >= 11 is 2.87. The van der Waals surface area contributed by atoms with Gasteiger partial charge in [-0.15, -0.1) is 11.8 Å². The van der Waals surface area contributed by atoms with E-state index < -0.39 is 0 Å². The van der Waals surface area contributed by atoms with Crippen molar-refractivity contribution in [2.24, 2.45) is 4.99 Å². The SMILES string of the molecule is CSC(=NC#N)Sc1ccccc1Oc1ccccc1C. The summed E-state index contributed by atoms with van der Waals surface area (Å²) in [6.07, 6.45) is 3.72. The minimum atomic E-state index is 0.693. The van der Waals surface area contributed by atoms with E-state index in [9.17, 15) is 0 Å². The van der Waals surface area contributed by atoms with Crippen LogP contribution in [0.5, 0.6) is 11.5 Å². The number of rotatable bonds is 3. The molecule has 2 aromatic carbocycles. The lowest BCUT2D eigenvalue weighted by atomic mass is 10.2. The van der Waals surface area contributed by atoms with E-state index >= 15 is 0 Å². The van der Waals surface area contributed by atoms with Gasteiger partial charge in [-0.1, -0.05) is 42.1 Å². The maximum atomic E-state index is 8.69. The summed E-state index contributed by atoms with van der Waals surface area (Å²) in [5, 5.41) is 8.69. The first-order valence-electron chi connectivity index (χ1n) is 6.25. The van der Waals surface area contributed by atoms with Gasteiger partial charge in [0.25, 0.3) is 0 Å². The van der Waals surface area contributed by atoms with Crippen LogP contribution in [0.25, 0.3) is 0 Å². The van der Waals surface area contributed by atoms with Gasteiger partial charge in [0, 0.05) is 0 Å². The van der Waals surface area contributed by atoms with Gasteiger partial charge in [0.2, 0.25) is 6.19 Å². The first kappa shape index (κ1) is 15.5. The Labute approximate surface area is 133 Å². The van der Waals surface area contributed by atoms with Crippen LogP contribution in [-0.4, -0.2) is 10.6 Å². The molecule has 0 fully saturated rings. The summed E-state index contributed by atoms with van der Waals surface area (Å²) in [7, 11) is 0. The summed E-state index contributed by atoms with van der Waals surface area (Å²) in [4.78, 5) is 4.73. The number of aliphatic imine (C=N–C) groups is 1. The molecule has 0 N–H and O–H groups in total. The van der Waals surface area contributed by atoms with Gasteiger partial charge >= 0.3 is 0 Å². The van der Waals surface area contributed by atoms with Gasteiger partial charge < -0.3 is 4.74 Å². The van der Waals surface area contributed by atoms with Gasteiger partial charge in [-0.2, -0.15) is 10.3 Å². The molecule has 0 heterocycles. The van der Waals surface area contributed by atoms with Gasteiger partial charge in [-0.3, -0.25) is 0 Å². The van der Waals surface area contributed by atoms with Crippen LogP contribution in [0.3, 0.4) is 0 Å². The Kier molecular flexibility index (Phi) is 5.73. The molecular weight excluding hydrogens is 300 g/mol. The van der Waals surface area contributed by atoms with Crippen molar-refractivity contribution in [3.63, 3.8) is 0 Å². The fraction of sp³-hybridized carbons (Fsp3) is 0.125. The van der Waals surface area contributed by atoms with Crippen LogP contribution < -0.4 is 4.74 Å². The summed E-state index contributed by atoms with van der Waals surface area (Å²) in [6.45, 7) is 2.01. The standard InChI is InChI=1S/C16H14N2OS2/c1-12-7-3-4-8-13(12)19-14-9-5-6-10-15(14)21-16(20-2)18-11-17/h3-10H,1-2H3. The number of nitrogens with zero attached hydrogens (tertiary/aromatic N) is 2. The van der Waals surface area contributed by atoms with Crippen LogP contribution in [0.15, 0.2) is 58.4 Å². The van der Waals surface area contributed by atoms with E-state index in [1.165, 1.54) is 23.5 Å². The van der Waals surface area contributed by atoms with Crippen LogP contribution >= 0.6 is 23.5 Å². The Morgan fingerprint density at radius 3 is 2.43 bits per heavy atom. The van der Waals surface area contributed by atoms with Crippen molar-refractivity contribution in [1.29, 1.82) is 5.26 Å². The van der Waals surface area contributed by atoms with Gasteiger partial charge in [-0.05, 0) is 36.9 Å². The third-order valence-corrected chi connectivity index (χ3v) is 4.69. The molecule has 0 bridgehead atoms. The number of para-hydroxylation sites is 2. The monoisotopic (exact) mass is 314 g/mol. The predicted molar refractivity (Wildman–Crippen MR) is 90.1 cm³/mol. The number of nitriles is 1. The highest BCUT2D eigenvalue weighted by Crippen LogP contribution is 2.36. The molecular formula is C16H14N2OS2. The summed E-state index contributed by atoms with van der Waals surface area (Å²) < 4.78 is 6.69. The number of benzene rings is 2. The molecule has 0 saturated carbocycles. The smallest absolute Gasteiger partial charge is 0.207 e. The highest BCUT2D eigenvalue weighted by Gasteiger charge is 2.09. The summed E-state index contributed by atoms with van der Waals surface area (Å²) in [6, 6.07) is 15.6. The van der Waals surface area contributed by atoms with Crippen LogP contribution in [0.4, 0.5) is 0 Å². The molecule has 0 aliphatic rings. The summed E-state index contributed by atoms with van der Waals surface area (Å²) in [5.41, 5.74) is 1.08. The van der Waals surface area contributed by atoms with E-state index in [4.69, 9.17) is 10.00 Å². The lowest BCUT2D eigenvalue weighted by Gasteiger charge is -2.12. The van der Waals surface area contributed by atoms with E-state index in [1.807, 2.05) is 67.9 Å². The quantitative estimate of drug-likeness (QED) is 0.343. The Bertz CT molecular complexity index is 693. The van der Waals surface area contributed by atoms with Gasteiger partial charge in [-0.25, -0.2) is 0 Å². The van der Waals surface area contributed by atoms with Crippen LogP contribution in [0.2, 0.25) is 0 Å². The number of hydrogen-bond donors (Lipinski definition) is 0. The van der Waals surface area contributed by atoms with E-state index in [2.05, 4.69) is 4.99 Å². The zero-order chi connectivity index (χ0) is 15.1.